The molecule has 0 N–H and O–H groups in total. The molecule has 6 aromatic carbocycles. The van der Waals surface area contributed by atoms with Crippen LogP contribution in [0.25, 0.3) is 55.1 Å². The molecule has 1 aliphatic rings. The maximum absolute atomic E-state index is 4.60. The normalized spacial score (nSPS) is 11.6. The number of hydrogen-bond donors (Lipinski definition) is 0. The molecule has 0 bridgehead atoms. The SMILES string of the molecule is c1ccc(N(c2ccc(-c3ccc4c5c(cccc35)-c3ccccc3-4)cc2)c2cccc3ncccc23)cc1. The van der Waals surface area contributed by atoms with E-state index in [2.05, 4.69) is 143 Å². The Balaban J connectivity index is 1.27. The number of anilines is 3. The second-order valence-corrected chi connectivity index (χ2v) is 10.00. The largest absolute Gasteiger partial charge is 0.310 e. The van der Waals surface area contributed by atoms with E-state index < -0.39 is 0 Å². The highest BCUT2D eigenvalue weighted by atomic mass is 15.1. The fourth-order valence-corrected chi connectivity index (χ4v) is 6.14. The summed E-state index contributed by atoms with van der Waals surface area (Å²) in [5.74, 6) is 0. The number of hydrogen-bond acceptors (Lipinski definition) is 2. The molecule has 2 nitrogen and oxygen atoms in total. The second-order valence-electron chi connectivity index (χ2n) is 10.00. The number of aromatic nitrogens is 1. The van der Waals surface area contributed by atoms with E-state index in [0.717, 1.165) is 28.0 Å². The van der Waals surface area contributed by atoms with E-state index in [-0.39, 0.29) is 0 Å². The van der Waals surface area contributed by atoms with Crippen LogP contribution in [0.15, 0.2) is 146 Å². The summed E-state index contributed by atoms with van der Waals surface area (Å²) in [6.45, 7) is 0. The summed E-state index contributed by atoms with van der Waals surface area (Å²) in [5.41, 5.74) is 12.1. The fraction of sp³-hybridized carbons (Fsp3) is 0. The lowest BCUT2D eigenvalue weighted by atomic mass is 9.94. The lowest BCUT2D eigenvalue weighted by Crippen LogP contribution is -2.10. The van der Waals surface area contributed by atoms with Crippen molar-refractivity contribution >= 4 is 38.7 Å². The van der Waals surface area contributed by atoms with Gasteiger partial charge in [0.05, 0.1) is 11.2 Å². The molecule has 0 spiro atoms. The number of rotatable bonds is 4. The van der Waals surface area contributed by atoms with Gasteiger partial charge in [-0.3, -0.25) is 4.98 Å². The van der Waals surface area contributed by atoms with Crippen molar-refractivity contribution in [3.05, 3.63) is 146 Å². The molecule has 0 aliphatic heterocycles. The van der Waals surface area contributed by atoms with E-state index >= 15 is 0 Å². The molecule has 8 rings (SSSR count). The Morgan fingerprint density at radius 3 is 1.87 bits per heavy atom. The first-order valence-electron chi connectivity index (χ1n) is 13.3. The van der Waals surface area contributed by atoms with Crippen molar-refractivity contribution in [1.29, 1.82) is 0 Å². The first-order valence-corrected chi connectivity index (χ1v) is 13.3. The summed E-state index contributed by atoms with van der Waals surface area (Å²) in [6, 6.07) is 50.0. The fourth-order valence-electron chi connectivity index (χ4n) is 6.14. The van der Waals surface area contributed by atoms with E-state index in [4.69, 9.17) is 0 Å². The van der Waals surface area contributed by atoms with E-state index in [9.17, 15) is 0 Å². The van der Waals surface area contributed by atoms with Gasteiger partial charge in [0.1, 0.15) is 0 Å². The molecule has 0 unspecified atom stereocenters. The Bertz CT molecular complexity index is 1970. The van der Waals surface area contributed by atoms with Crippen molar-refractivity contribution in [2.45, 2.75) is 0 Å². The minimum atomic E-state index is 0.987. The van der Waals surface area contributed by atoms with Crippen LogP contribution in [0, 0.1) is 0 Å². The van der Waals surface area contributed by atoms with Crippen LogP contribution in [0.5, 0.6) is 0 Å². The van der Waals surface area contributed by atoms with Gasteiger partial charge in [-0.25, -0.2) is 0 Å². The third-order valence-electron chi connectivity index (χ3n) is 7.86. The van der Waals surface area contributed by atoms with Crippen LogP contribution in [0.3, 0.4) is 0 Å². The van der Waals surface area contributed by atoms with Crippen LogP contribution in [0.2, 0.25) is 0 Å². The van der Waals surface area contributed by atoms with E-state index in [1.807, 2.05) is 12.3 Å². The van der Waals surface area contributed by atoms with Crippen LogP contribution in [-0.4, -0.2) is 4.98 Å². The van der Waals surface area contributed by atoms with Crippen molar-refractivity contribution in [3.63, 3.8) is 0 Å². The highest BCUT2D eigenvalue weighted by molar-refractivity contribution is 6.18. The van der Waals surface area contributed by atoms with Gasteiger partial charge in [-0.05, 0) is 92.7 Å². The molecule has 2 heteroatoms. The average molecular weight is 497 g/mol. The monoisotopic (exact) mass is 496 g/mol. The summed E-state index contributed by atoms with van der Waals surface area (Å²) in [7, 11) is 0. The minimum Gasteiger partial charge on any atom is -0.310 e. The molecule has 0 radical (unpaired) electrons. The maximum atomic E-state index is 4.60. The van der Waals surface area contributed by atoms with E-state index in [1.165, 1.54) is 44.2 Å². The van der Waals surface area contributed by atoms with Crippen LogP contribution in [-0.2, 0) is 0 Å². The van der Waals surface area contributed by atoms with Crippen LogP contribution in [0.1, 0.15) is 0 Å². The van der Waals surface area contributed by atoms with Crippen molar-refractivity contribution in [2.75, 3.05) is 4.90 Å². The van der Waals surface area contributed by atoms with Crippen molar-refractivity contribution < 1.29 is 0 Å². The highest BCUT2D eigenvalue weighted by Crippen LogP contribution is 2.49. The molecule has 1 aromatic heterocycles. The topological polar surface area (TPSA) is 16.1 Å². The highest BCUT2D eigenvalue weighted by Gasteiger charge is 2.22. The van der Waals surface area contributed by atoms with Crippen LogP contribution in [0.4, 0.5) is 17.1 Å². The summed E-state index contributed by atoms with van der Waals surface area (Å²) < 4.78 is 0. The number of para-hydroxylation sites is 1. The van der Waals surface area contributed by atoms with Gasteiger partial charge in [0.25, 0.3) is 0 Å². The summed E-state index contributed by atoms with van der Waals surface area (Å²) in [6.07, 6.45) is 1.85. The molecule has 182 valence electrons. The first-order chi connectivity index (χ1) is 19.4. The molecule has 0 amide bonds. The summed E-state index contributed by atoms with van der Waals surface area (Å²) >= 11 is 0. The molecular formula is C37H24N2. The van der Waals surface area contributed by atoms with E-state index in [0.29, 0.717) is 0 Å². The third kappa shape index (κ3) is 3.39. The van der Waals surface area contributed by atoms with Gasteiger partial charge in [0.2, 0.25) is 0 Å². The molecule has 0 saturated heterocycles. The lowest BCUT2D eigenvalue weighted by molar-refractivity contribution is 1.29. The Hall–Kier alpha value is -5.21. The molecule has 7 aromatic rings. The standard InChI is InChI=1S/C37H24N2/c1-2-9-26(10-3-1)39(36-17-7-16-35-34(36)15-8-24-38-35)27-20-18-25(19-21-27)28-22-23-33-30-12-5-4-11-29(30)32-14-6-13-31(28)37(32)33/h1-24H. The number of nitrogens with zero attached hydrogens (tertiary/aromatic N) is 2. The molecule has 0 atom stereocenters. The molecule has 39 heavy (non-hydrogen) atoms. The molecule has 1 heterocycles. The number of fused-ring (bicyclic) bond motifs is 4. The number of pyridine rings is 1. The van der Waals surface area contributed by atoms with Crippen molar-refractivity contribution in [1.82, 2.24) is 4.98 Å². The van der Waals surface area contributed by atoms with Gasteiger partial charge in [0.15, 0.2) is 0 Å². The number of benzene rings is 6. The Morgan fingerprint density at radius 1 is 0.410 bits per heavy atom. The quantitative estimate of drug-likeness (QED) is 0.241. The Morgan fingerprint density at radius 2 is 1.05 bits per heavy atom. The summed E-state index contributed by atoms with van der Waals surface area (Å²) in [5, 5.41) is 3.78. The Labute approximate surface area is 227 Å². The predicted octanol–water partition coefficient (Wildman–Crippen LogP) is 10.2. The van der Waals surface area contributed by atoms with Gasteiger partial charge in [0, 0.05) is 23.0 Å². The zero-order valence-electron chi connectivity index (χ0n) is 21.3. The van der Waals surface area contributed by atoms with Gasteiger partial charge in [-0.1, -0.05) is 91.0 Å². The predicted molar refractivity (Wildman–Crippen MR) is 164 cm³/mol. The smallest absolute Gasteiger partial charge is 0.0723 e. The van der Waals surface area contributed by atoms with Crippen molar-refractivity contribution in [2.24, 2.45) is 0 Å². The lowest BCUT2D eigenvalue weighted by Gasteiger charge is -2.27. The molecule has 0 fully saturated rings. The first kappa shape index (κ1) is 21.8. The van der Waals surface area contributed by atoms with Crippen LogP contribution >= 0.6 is 0 Å². The van der Waals surface area contributed by atoms with Gasteiger partial charge < -0.3 is 4.90 Å². The Kier molecular flexibility index (Phi) is 4.86. The van der Waals surface area contributed by atoms with E-state index in [1.54, 1.807) is 0 Å². The summed E-state index contributed by atoms with van der Waals surface area (Å²) in [4.78, 5) is 6.92. The molecule has 0 saturated carbocycles. The zero-order chi connectivity index (χ0) is 25.8. The van der Waals surface area contributed by atoms with Gasteiger partial charge in [-0.2, -0.15) is 0 Å². The second kappa shape index (κ2) is 8.68. The molecule has 1 aliphatic carbocycles. The molecular weight excluding hydrogens is 472 g/mol. The zero-order valence-corrected chi connectivity index (χ0v) is 21.3. The van der Waals surface area contributed by atoms with Gasteiger partial charge >= 0.3 is 0 Å². The average Bonchev–Trinajstić information content (AvgIpc) is 3.34. The van der Waals surface area contributed by atoms with Crippen molar-refractivity contribution in [3.8, 4) is 33.4 Å². The third-order valence-corrected chi connectivity index (χ3v) is 7.86. The van der Waals surface area contributed by atoms with Gasteiger partial charge in [-0.15, -0.1) is 0 Å². The van der Waals surface area contributed by atoms with Crippen LogP contribution < -0.4 is 4.90 Å². The minimum absolute atomic E-state index is 0.987. The maximum Gasteiger partial charge on any atom is 0.0723 e.